The fourth-order valence-corrected chi connectivity index (χ4v) is 2.22. The van der Waals surface area contributed by atoms with Crippen LogP contribution in [0.3, 0.4) is 0 Å². The fraction of sp³-hybridized carbons (Fsp3) is 0.353. The Morgan fingerprint density at radius 1 is 1.12 bits per heavy atom. The highest BCUT2D eigenvalue weighted by Crippen LogP contribution is 2.25. The van der Waals surface area contributed by atoms with Crippen LogP contribution in [-0.2, 0) is 4.74 Å². The number of nitriles is 3. The van der Waals surface area contributed by atoms with Crippen molar-refractivity contribution in [1.82, 2.24) is 4.90 Å². The zero-order chi connectivity index (χ0) is 17.2. The van der Waals surface area contributed by atoms with Crippen LogP contribution < -0.4 is 10.1 Å². The van der Waals surface area contributed by atoms with Gasteiger partial charge in [0.25, 0.3) is 0 Å². The second-order valence-electron chi connectivity index (χ2n) is 5.01. The molecule has 1 aromatic rings. The van der Waals surface area contributed by atoms with Gasteiger partial charge in [0.2, 0.25) is 0 Å². The summed E-state index contributed by atoms with van der Waals surface area (Å²) >= 11 is 0. The van der Waals surface area contributed by atoms with Crippen LogP contribution in [0, 0.1) is 34.0 Å². The monoisotopic (exact) mass is 323 g/mol. The largest absolute Gasteiger partial charge is 0.490 e. The normalized spacial score (nSPS) is 13.9. The van der Waals surface area contributed by atoms with E-state index in [0.29, 0.717) is 18.0 Å². The first kappa shape index (κ1) is 17.3. The molecular weight excluding hydrogens is 306 g/mol. The van der Waals surface area contributed by atoms with Gasteiger partial charge >= 0.3 is 0 Å². The number of hydrogen-bond acceptors (Lipinski definition) is 7. The van der Waals surface area contributed by atoms with Crippen molar-refractivity contribution >= 4 is 5.69 Å². The molecule has 2 rings (SSSR count). The Balaban J connectivity index is 2.02. The number of nitrogens with one attached hydrogen (secondary N) is 1. The number of nitrogens with zero attached hydrogens (tertiary/aromatic N) is 4. The van der Waals surface area contributed by atoms with Crippen LogP contribution >= 0.6 is 0 Å². The van der Waals surface area contributed by atoms with Crippen LogP contribution in [0.2, 0.25) is 0 Å². The summed E-state index contributed by atoms with van der Waals surface area (Å²) in [5.41, 5.74) is 0.184. The minimum atomic E-state index is -0.263. The summed E-state index contributed by atoms with van der Waals surface area (Å²) in [6.45, 7) is 4.52. The molecule has 7 heteroatoms. The predicted molar refractivity (Wildman–Crippen MR) is 86.7 cm³/mol. The molecule has 122 valence electrons. The van der Waals surface area contributed by atoms with Gasteiger partial charge in [-0.15, -0.1) is 0 Å². The number of para-hydroxylation sites is 2. The van der Waals surface area contributed by atoms with Crippen LogP contribution in [0.25, 0.3) is 0 Å². The van der Waals surface area contributed by atoms with E-state index in [1.807, 2.05) is 12.1 Å². The molecule has 7 nitrogen and oxygen atoms in total. The molecule has 0 spiro atoms. The van der Waals surface area contributed by atoms with E-state index in [4.69, 9.17) is 25.3 Å². The van der Waals surface area contributed by atoms with Gasteiger partial charge in [0.05, 0.1) is 18.9 Å². The molecule has 0 atom stereocenters. The van der Waals surface area contributed by atoms with Gasteiger partial charge in [-0.05, 0) is 12.1 Å². The maximum atomic E-state index is 9.13. The van der Waals surface area contributed by atoms with E-state index in [1.54, 1.807) is 30.3 Å². The highest BCUT2D eigenvalue weighted by Gasteiger charge is 2.12. The van der Waals surface area contributed by atoms with Crippen molar-refractivity contribution in [2.45, 2.75) is 0 Å². The van der Waals surface area contributed by atoms with Crippen LogP contribution in [0.5, 0.6) is 5.75 Å². The standard InChI is InChI=1S/C17H17N5O2/c18-11-14(12-19)16(13-20)21-15-3-1-2-4-17(15)24-10-7-22-5-8-23-9-6-22/h1-4,21H,5-10H2. The highest BCUT2D eigenvalue weighted by molar-refractivity contribution is 5.64. The third-order valence-corrected chi connectivity index (χ3v) is 3.50. The number of morpholine rings is 1. The molecule has 24 heavy (non-hydrogen) atoms. The Kier molecular flexibility index (Phi) is 6.61. The molecule has 1 aliphatic rings. The van der Waals surface area contributed by atoms with Gasteiger partial charge in [0.1, 0.15) is 36.3 Å². The van der Waals surface area contributed by atoms with Crippen molar-refractivity contribution in [3.8, 4) is 24.0 Å². The van der Waals surface area contributed by atoms with Gasteiger partial charge in [-0.3, -0.25) is 4.90 Å². The molecule has 0 bridgehead atoms. The number of rotatable bonds is 6. The fourth-order valence-electron chi connectivity index (χ4n) is 2.22. The van der Waals surface area contributed by atoms with Gasteiger partial charge in [-0.2, -0.15) is 15.8 Å². The van der Waals surface area contributed by atoms with Crippen LogP contribution in [0.4, 0.5) is 5.69 Å². The van der Waals surface area contributed by atoms with E-state index < -0.39 is 0 Å². The Bertz CT molecular complexity index is 702. The molecule has 0 amide bonds. The average molecular weight is 323 g/mol. The molecule has 1 aliphatic heterocycles. The molecule has 0 aromatic heterocycles. The first-order valence-electron chi connectivity index (χ1n) is 7.52. The summed E-state index contributed by atoms with van der Waals surface area (Å²) < 4.78 is 11.1. The van der Waals surface area contributed by atoms with Gasteiger partial charge < -0.3 is 14.8 Å². The molecular formula is C17H17N5O2. The Morgan fingerprint density at radius 3 is 2.50 bits per heavy atom. The van der Waals surface area contributed by atoms with Crippen molar-refractivity contribution < 1.29 is 9.47 Å². The summed E-state index contributed by atoms with van der Waals surface area (Å²) in [7, 11) is 0. The third-order valence-electron chi connectivity index (χ3n) is 3.50. The predicted octanol–water partition coefficient (Wildman–Crippen LogP) is 1.63. The number of ether oxygens (including phenoxy) is 2. The smallest absolute Gasteiger partial charge is 0.163 e. The SMILES string of the molecule is N#CC(C#N)=C(C#N)Nc1ccccc1OCCN1CCOCC1. The molecule has 1 saturated heterocycles. The van der Waals surface area contributed by atoms with Gasteiger partial charge in [0.15, 0.2) is 5.57 Å². The first-order valence-corrected chi connectivity index (χ1v) is 7.52. The molecule has 0 radical (unpaired) electrons. The van der Waals surface area contributed by atoms with Gasteiger partial charge in [-0.25, -0.2) is 0 Å². The average Bonchev–Trinajstić information content (AvgIpc) is 2.64. The van der Waals surface area contributed by atoms with Crippen molar-refractivity contribution in [3.05, 3.63) is 35.5 Å². The van der Waals surface area contributed by atoms with E-state index in [0.717, 1.165) is 32.8 Å². The van der Waals surface area contributed by atoms with E-state index in [2.05, 4.69) is 10.2 Å². The quantitative estimate of drug-likeness (QED) is 0.793. The van der Waals surface area contributed by atoms with Crippen LogP contribution in [0.1, 0.15) is 0 Å². The zero-order valence-corrected chi connectivity index (χ0v) is 13.2. The zero-order valence-electron chi connectivity index (χ0n) is 13.2. The van der Waals surface area contributed by atoms with Gasteiger partial charge in [0, 0.05) is 19.6 Å². The topological polar surface area (TPSA) is 105 Å². The lowest BCUT2D eigenvalue weighted by molar-refractivity contribution is 0.0323. The molecule has 0 saturated carbocycles. The lowest BCUT2D eigenvalue weighted by atomic mass is 10.2. The van der Waals surface area contributed by atoms with E-state index in [-0.39, 0.29) is 11.3 Å². The Hall–Kier alpha value is -3.05. The first-order chi connectivity index (χ1) is 11.8. The summed E-state index contributed by atoms with van der Waals surface area (Å²) in [6.07, 6.45) is 0. The second kappa shape index (κ2) is 9.17. The minimum Gasteiger partial charge on any atom is -0.490 e. The number of benzene rings is 1. The summed E-state index contributed by atoms with van der Waals surface area (Å²) in [4.78, 5) is 2.25. The Labute approximate surface area is 140 Å². The van der Waals surface area contributed by atoms with Crippen LogP contribution in [-0.4, -0.2) is 44.4 Å². The second-order valence-corrected chi connectivity index (χ2v) is 5.01. The summed E-state index contributed by atoms with van der Waals surface area (Å²) in [5.74, 6) is 0.564. The number of allylic oxidation sites excluding steroid dienone is 2. The maximum Gasteiger partial charge on any atom is 0.163 e. The van der Waals surface area contributed by atoms with Crippen molar-refractivity contribution in [3.63, 3.8) is 0 Å². The molecule has 1 heterocycles. The summed E-state index contributed by atoms with van der Waals surface area (Å²) in [6, 6.07) is 12.3. The third kappa shape index (κ3) is 4.72. The van der Waals surface area contributed by atoms with E-state index in [9.17, 15) is 0 Å². The van der Waals surface area contributed by atoms with E-state index in [1.165, 1.54) is 0 Å². The number of anilines is 1. The van der Waals surface area contributed by atoms with Gasteiger partial charge in [-0.1, -0.05) is 12.1 Å². The minimum absolute atomic E-state index is 0.0933. The highest BCUT2D eigenvalue weighted by atomic mass is 16.5. The van der Waals surface area contributed by atoms with Crippen molar-refractivity contribution in [2.75, 3.05) is 44.8 Å². The molecule has 1 N–H and O–H groups in total. The van der Waals surface area contributed by atoms with Crippen LogP contribution in [0.15, 0.2) is 35.5 Å². The molecule has 1 fully saturated rings. The lowest BCUT2D eigenvalue weighted by Gasteiger charge is -2.26. The molecule has 1 aromatic carbocycles. The van der Waals surface area contributed by atoms with E-state index >= 15 is 0 Å². The number of hydrogen-bond donors (Lipinski definition) is 1. The maximum absolute atomic E-state index is 9.13. The molecule has 0 aliphatic carbocycles. The Morgan fingerprint density at radius 2 is 1.83 bits per heavy atom. The summed E-state index contributed by atoms with van der Waals surface area (Å²) in [5, 5.41) is 29.7. The van der Waals surface area contributed by atoms with Crippen molar-refractivity contribution in [1.29, 1.82) is 15.8 Å². The molecule has 0 unspecified atom stereocenters. The van der Waals surface area contributed by atoms with Crippen molar-refractivity contribution in [2.24, 2.45) is 0 Å². The lowest BCUT2D eigenvalue weighted by Crippen LogP contribution is -2.38.